The third-order valence-electron chi connectivity index (χ3n) is 2.26. The summed E-state index contributed by atoms with van der Waals surface area (Å²) in [6.07, 6.45) is -0.426. The lowest BCUT2D eigenvalue weighted by molar-refractivity contribution is 0.0459. The molecule has 1 rings (SSSR count). The van der Waals surface area contributed by atoms with Crippen molar-refractivity contribution >= 4 is 17.4 Å². The van der Waals surface area contributed by atoms with Gasteiger partial charge in [-0.3, -0.25) is 4.79 Å². The van der Waals surface area contributed by atoms with Crippen LogP contribution < -0.4 is 0 Å². The zero-order valence-corrected chi connectivity index (χ0v) is 9.91. The average Bonchev–Trinajstić information content (AvgIpc) is 2.18. The van der Waals surface area contributed by atoms with Crippen LogP contribution in [-0.4, -0.2) is 19.0 Å². The summed E-state index contributed by atoms with van der Waals surface area (Å²) >= 11 is 5.95. The van der Waals surface area contributed by atoms with E-state index in [0.29, 0.717) is 10.6 Å². The molecule has 2 nitrogen and oxygen atoms in total. The van der Waals surface area contributed by atoms with Crippen molar-refractivity contribution in [2.24, 2.45) is 5.92 Å². The molecule has 3 heteroatoms. The van der Waals surface area contributed by atoms with Gasteiger partial charge in [-0.15, -0.1) is 0 Å². The summed E-state index contributed by atoms with van der Waals surface area (Å²) in [5, 5.41) is 0.477. The molecule has 1 unspecified atom stereocenters. The fraction of sp³-hybridized carbons (Fsp3) is 0.417. The quantitative estimate of drug-likeness (QED) is 0.737. The first-order valence-electron chi connectivity index (χ1n) is 4.89. The van der Waals surface area contributed by atoms with Gasteiger partial charge in [-0.1, -0.05) is 37.6 Å². The van der Waals surface area contributed by atoms with Crippen LogP contribution in [0.3, 0.4) is 0 Å². The van der Waals surface area contributed by atoms with E-state index in [1.54, 1.807) is 31.4 Å². The third-order valence-corrected chi connectivity index (χ3v) is 2.59. The molecule has 0 saturated carbocycles. The normalized spacial score (nSPS) is 12.9. The monoisotopic (exact) mass is 226 g/mol. The van der Waals surface area contributed by atoms with E-state index in [4.69, 9.17) is 16.3 Å². The van der Waals surface area contributed by atoms with E-state index in [1.807, 2.05) is 13.8 Å². The Balaban J connectivity index is 2.98. The van der Waals surface area contributed by atoms with Crippen LogP contribution in [0.25, 0.3) is 0 Å². The first-order chi connectivity index (χ1) is 7.07. The van der Waals surface area contributed by atoms with E-state index in [1.165, 1.54) is 0 Å². The molecule has 0 spiro atoms. The zero-order chi connectivity index (χ0) is 11.4. The number of ketones is 1. The van der Waals surface area contributed by atoms with E-state index in [0.717, 1.165) is 0 Å². The highest BCUT2D eigenvalue weighted by atomic mass is 35.5. The Morgan fingerprint density at radius 1 is 1.33 bits per heavy atom. The predicted octanol–water partition coefficient (Wildman–Crippen LogP) is 3.19. The summed E-state index contributed by atoms with van der Waals surface area (Å²) in [4.78, 5) is 12.0. The van der Waals surface area contributed by atoms with Crippen LogP contribution in [0.2, 0.25) is 5.02 Å². The smallest absolute Gasteiger partial charge is 0.193 e. The van der Waals surface area contributed by atoms with Gasteiger partial charge in [-0.2, -0.15) is 0 Å². The SMILES string of the molecule is COC(C(=O)c1ccccc1Cl)C(C)C. The number of benzene rings is 1. The van der Waals surface area contributed by atoms with Gasteiger partial charge in [0.15, 0.2) is 5.78 Å². The van der Waals surface area contributed by atoms with E-state index in [2.05, 4.69) is 0 Å². The zero-order valence-electron chi connectivity index (χ0n) is 9.16. The molecule has 0 heterocycles. The van der Waals surface area contributed by atoms with Crippen molar-refractivity contribution < 1.29 is 9.53 Å². The molecule has 0 aromatic heterocycles. The minimum absolute atomic E-state index is 0.0573. The van der Waals surface area contributed by atoms with Crippen LogP contribution in [-0.2, 0) is 4.74 Å². The van der Waals surface area contributed by atoms with E-state index < -0.39 is 6.10 Å². The van der Waals surface area contributed by atoms with Crippen molar-refractivity contribution in [3.05, 3.63) is 34.9 Å². The number of carbonyl (C=O) groups excluding carboxylic acids is 1. The van der Waals surface area contributed by atoms with Gasteiger partial charge in [0.1, 0.15) is 6.10 Å². The van der Waals surface area contributed by atoms with Crippen molar-refractivity contribution in [1.29, 1.82) is 0 Å². The number of methoxy groups -OCH3 is 1. The predicted molar refractivity (Wildman–Crippen MR) is 61.4 cm³/mol. The summed E-state index contributed by atoms with van der Waals surface area (Å²) in [5.41, 5.74) is 0.528. The molecule has 1 aromatic carbocycles. The highest BCUT2D eigenvalue weighted by Crippen LogP contribution is 2.20. The first kappa shape index (κ1) is 12.2. The largest absolute Gasteiger partial charge is 0.373 e. The average molecular weight is 227 g/mol. The van der Waals surface area contributed by atoms with Gasteiger partial charge in [0.05, 0.1) is 5.02 Å². The number of Topliss-reactive ketones (excluding diaryl/α,β-unsaturated/α-hetero) is 1. The maximum atomic E-state index is 12.0. The highest BCUT2D eigenvalue weighted by Gasteiger charge is 2.24. The molecule has 0 amide bonds. The minimum atomic E-state index is -0.426. The number of carbonyl (C=O) groups is 1. The van der Waals surface area contributed by atoms with E-state index in [-0.39, 0.29) is 11.7 Å². The van der Waals surface area contributed by atoms with Crippen LogP contribution in [0.1, 0.15) is 24.2 Å². The minimum Gasteiger partial charge on any atom is -0.373 e. The number of halogens is 1. The fourth-order valence-corrected chi connectivity index (χ4v) is 1.73. The molecule has 82 valence electrons. The van der Waals surface area contributed by atoms with Gasteiger partial charge in [-0.05, 0) is 18.1 Å². The second-order valence-corrected chi connectivity index (χ2v) is 4.15. The van der Waals surface area contributed by atoms with Gasteiger partial charge >= 0.3 is 0 Å². The Labute approximate surface area is 95.2 Å². The van der Waals surface area contributed by atoms with E-state index in [9.17, 15) is 4.79 Å². The summed E-state index contributed by atoms with van der Waals surface area (Å²) in [7, 11) is 1.54. The second kappa shape index (κ2) is 5.29. The number of rotatable bonds is 4. The maximum absolute atomic E-state index is 12.0. The highest BCUT2D eigenvalue weighted by molar-refractivity contribution is 6.34. The topological polar surface area (TPSA) is 26.3 Å². The van der Waals surface area contributed by atoms with Gasteiger partial charge in [-0.25, -0.2) is 0 Å². The molecule has 0 bridgehead atoms. The lowest BCUT2D eigenvalue weighted by atomic mass is 9.97. The Morgan fingerprint density at radius 2 is 1.93 bits per heavy atom. The van der Waals surface area contributed by atoms with Crippen LogP contribution in [0.5, 0.6) is 0 Å². The van der Waals surface area contributed by atoms with Gasteiger partial charge in [0.25, 0.3) is 0 Å². The second-order valence-electron chi connectivity index (χ2n) is 3.74. The molecule has 0 fully saturated rings. The van der Waals surface area contributed by atoms with Gasteiger partial charge in [0, 0.05) is 12.7 Å². The maximum Gasteiger partial charge on any atom is 0.193 e. The molecule has 0 saturated heterocycles. The lowest BCUT2D eigenvalue weighted by Crippen LogP contribution is -2.28. The molecule has 0 radical (unpaired) electrons. The number of hydrogen-bond acceptors (Lipinski definition) is 2. The molecule has 15 heavy (non-hydrogen) atoms. The van der Waals surface area contributed by atoms with Crippen molar-refractivity contribution in [3.8, 4) is 0 Å². The summed E-state index contributed by atoms with van der Waals surface area (Å²) < 4.78 is 5.17. The molecule has 0 N–H and O–H groups in total. The third kappa shape index (κ3) is 2.80. The molecule has 1 atom stereocenters. The standard InChI is InChI=1S/C12H15ClO2/c1-8(2)12(15-3)11(14)9-6-4-5-7-10(9)13/h4-8,12H,1-3H3. The van der Waals surface area contributed by atoms with Crippen molar-refractivity contribution in [1.82, 2.24) is 0 Å². The van der Waals surface area contributed by atoms with Gasteiger partial charge < -0.3 is 4.74 Å². The van der Waals surface area contributed by atoms with Crippen LogP contribution >= 0.6 is 11.6 Å². The first-order valence-corrected chi connectivity index (χ1v) is 5.27. The number of ether oxygens (including phenoxy) is 1. The Bertz CT molecular complexity index is 347. The Hall–Kier alpha value is -0.860. The van der Waals surface area contributed by atoms with Crippen LogP contribution in [0.4, 0.5) is 0 Å². The summed E-state index contributed by atoms with van der Waals surface area (Å²) in [5.74, 6) is 0.0804. The van der Waals surface area contributed by atoms with E-state index >= 15 is 0 Å². The van der Waals surface area contributed by atoms with Crippen molar-refractivity contribution in [2.45, 2.75) is 20.0 Å². The Morgan fingerprint density at radius 3 is 2.40 bits per heavy atom. The Kier molecular flexibility index (Phi) is 4.30. The number of hydrogen-bond donors (Lipinski definition) is 0. The molecular formula is C12H15ClO2. The molecule has 0 aliphatic rings. The fourth-order valence-electron chi connectivity index (χ4n) is 1.50. The van der Waals surface area contributed by atoms with Crippen LogP contribution in [0.15, 0.2) is 24.3 Å². The summed E-state index contributed by atoms with van der Waals surface area (Å²) in [6, 6.07) is 7.03. The van der Waals surface area contributed by atoms with Crippen molar-refractivity contribution in [3.63, 3.8) is 0 Å². The molecule has 0 aliphatic carbocycles. The van der Waals surface area contributed by atoms with Crippen molar-refractivity contribution in [2.75, 3.05) is 7.11 Å². The molecular weight excluding hydrogens is 212 g/mol. The van der Waals surface area contributed by atoms with Crippen LogP contribution in [0, 0.1) is 5.92 Å². The molecule has 1 aromatic rings. The lowest BCUT2D eigenvalue weighted by Gasteiger charge is -2.18. The molecule has 0 aliphatic heterocycles. The summed E-state index contributed by atoms with van der Waals surface area (Å²) in [6.45, 7) is 3.89. The van der Waals surface area contributed by atoms with Gasteiger partial charge in [0.2, 0.25) is 0 Å².